The van der Waals surface area contributed by atoms with Crippen LogP contribution in [0.1, 0.15) is 0 Å². The lowest BCUT2D eigenvalue weighted by Gasteiger charge is -2.11. The molecule has 0 aliphatic heterocycles. The Balaban J connectivity index is 2.21. The zero-order chi connectivity index (χ0) is 13.1. The zero-order valence-corrected chi connectivity index (χ0v) is 12.5. The summed E-state index contributed by atoms with van der Waals surface area (Å²) in [6, 6.07) is 27.6. The van der Waals surface area contributed by atoms with Gasteiger partial charge in [0.2, 0.25) is 0 Å². The summed E-state index contributed by atoms with van der Waals surface area (Å²) < 4.78 is 1.28. The van der Waals surface area contributed by atoms with E-state index in [2.05, 4.69) is 101 Å². The minimum Gasteiger partial charge on any atom is -0.0622 e. The molecular formula is C18H13I. The Morgan fingerprint density at radius 1 is 0.474 bits per heavy atom. The Kier molecular flexibility index (Phi) is 3.65. The standard InChI is InChI=1S/C18H13I/c19-18-13-7-6-12-17(18)16-11-5-4-10-15(16)14-8-2-1-3-9-14/h1-13H. The van der Waals surface area contributed by atoms with Crippen molar-refractivity contribution in [1.82, 2.24) is 0 Å². The lowest BCUT2D eigenvalue weighted by molar-refractivity contribution is 1.56. The van der Waals surface area contributed by atoms with Crippen molar-refractivity contribution < 1.29 is 0 Å². The van der Waals surface area contributed by atoms with E-state index >= 15 is 0 Å². The third-order valence-electron chi connectivity index (χ3n) is 3.18. The predicted molar refractivity (Wildman–Crippen MR) is 90.0 cm³/mol. The van der Waals surface area contributed by atoms with Gasteiger partial charge in [0.15, 0.2) is 0 Å². The Labute approximate surface area is 127 Å². The van der Waals surface area contributed by atoms with E-state index in [1.165, 1.54) is 25.8 Å². The van der Waals surface area contributed by atoms with E-state index in [-0.39, 0.29) is 0 Å². The fourth-order valence-electron chi connectivity index (χ4n) is 2.27. The van der Waals surface area contributed by atoms with Gasteiger partial charge in [-0.3, -0.25) is 0 Å². The molecule has 0 N–H and O–H groups in total. The zero-order valence-electron chi connectivity index (χ0n) is 10.4. The monoisotopic (exact) mass is 356 g/mol. The summed E-state index contributed by atoms with van der Waals surface area (Å²) in [7, 11) is 0. The summed E-state index contributed by atoms with van der Waals surface area (Å²) in [4.78, 5) is 0. The van der Waals surface area contributed by atoms with Crippen molar-refractivity contribution >= 4 is 22.6 Å². The van der Waals surface area contributed by atoms with Gasteiger partial charge in [0.25, 0.3) is 0 Å². The lowest BCUT2D eigenvalue weighted by Crippen LogP contribution is -1.87. The third-order valence-corrected chi connectivity index (χ3v) is 4.12. The molecule has 0 radical (unpaired) electrons. The minimum atomic E-state index is 1.26. The number of hydrogen-bond donors (Lipinski definition) is 0. The van der Waals surface area contributed by atoms with Crippen LogP contribution in [0.2, 0.25) is 0 Å². The molecule has 0 aliphatic rings. The Morgan fingerprint density at radius 2 is 1.00 bits per heavy atom. The van der Waals surface area contributed by atoms with Crippen LogP contribution in [-0.4, -0.2) is 0 Å². The molecule has 19 heavy (non-hydrogen) atoms. The first kappa shape index (κ1) is 12.4. The van der Waals surface area contributed by atoms with Gasteiger partial charge in [-0.15, -0.1) is 0 Å². The molecule has 0 aromatic heterocycles. The van der Waals surface area contributed by atoms with E-state index in [1.54, 1.807) is 0 Å². The van der Waals surface area contributed by atoms with Crippen molar-refractivity contribution in [2.45, 2.75) is 0 Å². The van der Waals surface area contributed by atoms with Gasteiger partial charge in [-0.1, -0.05) is 72.8 Å². The van der Waals surface area contributed by atoms with Crippen molar-refractivity contribution in [2.24, 2.45) is 0 Å². The fourth-order valence-corrected chi connectivity index (χ4v) is 2.95. The van der Waals surface area contributed by atoms with Gasteiger partial charge in [-0.2, -0.15) is 0 Å². The van der Waals surface area contributed by atoms with Crippen molar-refractivity contribution in [3.63, 3.8) is 0 Å². The van der Waals surface area contributed by atoms with Crippen LogP contribution in [0, 0.1) is 3.57 Å². The molecule has 0 bridgehead atoms. The lowest BCUT2D eigenvalue weighted by atomic mass is 9.95. The van der Waals surface area contributed by atoms with Crippen LogP contribution in [0.15, 0.2) is 78.9 Å². The highest BCUT2D eigenvalue weighted by Crippen LogP contribution is 2.34. The number of halogens is 1. The maximum Gasteiger partial charge on any atom is 0.0209 e. The summed E-state index contributed by atoms with van der Waals surface area (Å²) >= 11 is 2.40. The molecule has 0 unspecified atom stereocenters. The average molecular weight is 356 g/mol. The molecule has 0 spiro atoms. The van der Waals surface area contributed by atoms with E-state index < -0.39 is 0 Å². The molecule has 0 atom stereocenters. The average Bonchev–Trinajstić information content (AvgIpc) is 2.49. The van der Waals surface area contributed by atoms with E-state index in [9.17, 15) is 0 Å². The highest BCUT2D eigenvalue weighted by atomic mass is 127. The number of rotatable bonds is 2. The van der Waals surface area contributed by atoms with Crippen LogP contribution in [0.3, 0.4) is 0 Å². The predicted octanol–water partition coefficient (Wildman–Crippen LogP) is 5.63. The van der Waals surface area contributed by atoms with Gasteiger partial charge in [0, 0.05) is 3.57 Å². The first-order valence-corrected chi connectivity index (χ1v) is 7.33. The topological polar surface area (TPSA) is 0 Å². The van der Waals surface area contributed by atoms with Crippen molar-refractivity contribution in [2.75, 3.05) is 0 Å². The van der Waals surface area contributed by atoms with E-state index in [4.69, 9.17) is 0 Å². The first-order chi connectivity index (χ1) is 9.36. The summed E-state index contributed by atoms with van der Waals surface area (Å²) in [5.41, 5.74) is 5.13. The smallest absolute Gasteiger partial charge is 0.0209 e. The van der Waals surface area contributed by atoms with Gasteiger partial charge in [-0.25, -0.2) is 0 Å². The van der Waals surface area contributed by atoms with Crippen LogP contribution in [-0.2, 0) is 0 Å². The third kappa shape index (κ3) is 2.56. The van der Waals surface area contributed by atoms with Crippen molar-refractivity contribution in [3.05, 3.63) is 82.4 Å². The van der Waals surface area contributed by atoms with Crippen LogP contribution in [0.25, 0.3) is 22.3 Å². The van der Waals surface area contributed by atoms with Gasteiger partial charge in [0.05, 0.1) is 0 Å². The highest BCUT2D eigenvalue weighted by molar-refractivity contribution is 14.1. The maximum atomic E-state index is 2.40. The molecule has 0 aliphatic carbocycles. The second-order valence-corrected chi connectivity index (χ2v) is 5.55. The minimum absolute atomic E-state index is 1.26. The molecule has 0 saturated heterocycles. The second-order valence-electron chi connectivity index (χ2n) is 4.39. The molecule has 0 amide bonds. The van der Waals surface area contributed by atoms with Crippen LogP contribution in [0.5, 0.6) is 0 Å². The van der Waals surface area contributed by atoms with Gasteiger partial charge in [0.1, 0.15) is 0 Å². The second kappa shape index (κ2) is 5.57. The summed E-state index contributed by atoms with van der Waals surface area (Å²) in [6.07, 6.45) is 0. The molecule has 1 heteroatoms. The molecular weight excluding hydrogens is 343 g/mol. The maximum absolute atomic E-state index is 2.40. The van der Waals surface area contributed by atoms with Crippen LogP contribution < -0.4 is 0 Å². The summed E-state index contributed by atoms with van der Waals surface area (Å²) in [6.45, 7) is 0. The molecule has 3 aromatic rings. The molecule has 3 rings (SSSR count). The Bertz CT molecular complexity index is 687. The number of hydrogen-bond acceptors (Lipinski definition) is 0. The molecule has 0 fully saturated rings. The van der Waals surface area contributed by atoms with E-state index in [0.29, 0.717) is 0 Å². The van der Waals surface area contributed by atoms with E-state index in [1.807, 2.05) is 0 Å². The van der Waals surface area contributed by atoms with Gasteiger partial charge < -0.3 is 0 Å². The largest absolute Gasteiger partial charge is 0.0622 e. The molecule has 0 saturated carbocycles. The SMILES string of the molecule is Ic1ccccc1-c1ccccc1-c1ccccc1. The quantitative estimate of drug-likeness (QED) is 0.523. The molecule has 0 nitrogen and oxygen atoms in total. The summed E-state index contributed by atoms with van der Waals surface area (Å²) in [5.74, 6) is 0. The van der Waals surface area contributed by atoms with Crippen LogP contribution in [0.4, 0.5) is 0 Å². The first-order valence-electron chi connectivity index (χ1n) is 6.25. The van der Waals surface area contributed by atoms with Crippen molar-refractivity contribution in [1.29, 1.82) is 0 Å². The van der Waals surface area contributed by atoms with Gasteiger partial charge in [-0.05, 0) is 50.9 Å². The molecule has 3 aromatic carbocycles. The highest BCUT2D eigenvalue weighted by Gasteiger charge is 2.08. The fraction of sp³-hybridized carbons (Fsp3) is 0. The Morgan fingerprint density at radius 3 is 1.68 bits per heavy atom. The molecule has 0 heterocycles. The normalized spacial score (nSPS) is 10.4. The van der Waals surface area contributed by atoms with E-state index in [0.717, 1.165) is 0 Å². The molecule has 92 valence electrons. The van der Waals surface area contributed by atoms with Crippen LogP contribution >= 0.6 is 22.6 Å². The van der Waals surface area contributed by atoms with Crippen molar-refractivity contribution in [3.8, 4) is 22.3 Å². The van der Waals surface area contributed by atoms with Gasteiger partial charge >= 0.3 is 0 Å². The summed E-state index contributed by atoms with van der Waals surface area (Å²) in [5, 5.41) is 0. The number of benzene rings is 3. The Hall–Kier alpha value is -1.61.